The number of rotatable bonds is 9. The largest absolute Gasteiger partial charge is 0.497 e. The van der Waals surface area contributed by atoms with Crippen molar-refractivity contribution in [3.63, 3.8) is 0 Å². The van der Waals surface area contributed by atoms with Gasteiger partial charge in [-0.05, 0) is 25.5 Å². The number of nitrogens with zero attached hydrogens (tertiary/aromatic N) is 2. The number of carbonyl (C=O) groups excluding carboxylic acids is 1. The third kappa shape index (κ3) is 7.00. The molecule has 1 fully saturated rings. The van der Waals surface area contributed by atoms with Gasteiger partial charge in [0.2, 0.25) is 5.91 Å². The van der Waals surface area contributed by atoms with E-state index in [1.165, 1.54) is 0 Å². The summed E-state index contributed by atoms with van der Waals surface area (Å²) < 4.78 is 10.9. The van der Waals surface area contributed by atoms with Crippen LogP contribution >= 0.6 is 0 Å². The lowest BCUT2D eigenvalue weighted by molar-refractivity contribution is -0.129. The van der Waals surface area contributed by atoms with Crippen LogP contribution in [0, 0.1) is 0 Å². The van der Waals surface area contributed by atoms with Crippen LogP contribution in [0.2, 0.25) is 0 Å². The number of hydrogen-bond donors (Lipinski definition) is 2. The average molecular weight is 377 g/mol. The zero-order valence-corrected chi connectivity index (χ0v) is 16.7. The molecule has 1 aliphatic rings. The molecule has 0 saturated carbocycles. The number of carbonyl (C=O) groups is 1. The molecule has 1 aliphatic heterocycles. The van der Waals surface area contributed by atoms with Gasteiger partial charge in [-0.25, -0.2) is 0 Å². The molecule has 1 amide bonds. The van der Waals surface area contributed by atoms with E-state index >= 15 is 0 Å². The van der Waals surface area contributed by atoms with Crippen LogP contribution in [0.25, 0.3) is 0 Å². The second-order valence-corrected chi connectivity index (χ2v) is 6.46. The maximum Gasteiger partial charge on any atom is 0.222 e. The van der Waals surface area contributed by atoms with Crippen molar-refractivity contribution >= 4 is 11.9 Å². The molecule has 1 heterocycles. The highest BCUT2D eigenvalue weighted by Gasteiger charge is 2.25. The van der Waals surface area contributed by atoms with Crippen LogP contribution in [-0.4, -0.2) is 62.7 Å². The van der Waals surface area contributed by atoms with Crippen LogP contribution in [0.5, 0.6) is 11.5 Å². The molecule has 150 valence electrons. The standard InChI is InChI=1S/C20H32N4O3/c1-4-19(25)24-12-10-16(15-24)23-20(21-5-2)22-11-7-13-27-18-9-6-8-17(14-18)26-3/h6,8-9,14,16H,4-5,7,10-13,15H2,1-3H3,(H2,21,22,23). The lowest BCUT2D eigenvalue weighted by Crippen LogP contribution is -2.45. The first-order valence-corrected chi connectivity index (χ1v) is 9.75. The fourth-order valence-electron chi connectivity index (χ4n) is 2.98. The molecule has 0 radical (unpaired) electrons. The van der Waals surface area contributed by atoms with Crippen LogP contribution in [0.3, 0.4) is 0 Å². The van der Waals surface area contributed by atoms with Crippen molar-refractivity contribution < 1.29 is 14.3 Å². The molecule has 1 saturated heterocycles. The fourth-order valence-corrected chi connectivity index (χ4v) is 2.98. The van der Waals surface area contributed by atoms with E-state index < -0.39 is 0 Å². The molecule has 0 aliphatic carbocycles. The van der Waals surface area contributed by atoms with Crippen LogP contribution in [-0.2, 0) is 4.79 Å². The van der Waals surface area contributed by atoms with Crippen LogP contribution in [0.1, 0.15) is 33.1 Å². The predicted molar refractivity (Wildman–Crippen MR) is 107 cm³/mol. The summed E-state index contributed by atoms with van der Waals surface area (Å²) in [5.41, 5.74) is 0. The fraction of sp³-hybridized carbons (Fsp3) is 0.600. The second-order valence-electron chi connectivity index (χ2n) is 6.46. The van der Waals surface area contributed by atoms with Crippen molar-refractivity contribution in [2.45, 2.75) is 39.2 Å². The van der Waals surface area contributed by atoms with Gasteiger partial charge in [0, 0.05) is 51.1 Å². The Morgan fingerprint density at radius 1 is 1.33 bits per heavy atom. The topological polar surface area (TPSA) is 75.2 Å². The minimum atomic E-state index is 0.218. The molecular weight excluding hydrogens is 344 g/mol. The first kappa shape index (κ1) is 20.9. The molecule has 0 spiro atoms. The van der Waals surface area contributed by atoms with Gasteiger partial charge in [-0.2, -0.15) is 0 Å². The smallest absolute Gasteiger partial charge is 0.222 e. The van der Waals surface area contributed by atoms with Crippen molar-refractivity contribution in [1.82, 2.24) is 15.5 Å². The average Bonchev–Trinajstić information content (AvgIpc) is 3.16. The van der Waals surface area contributed by atoms with E-state index in [4.69, 9.17) is 9.47 Å². The number of hydrogen-bond acceptors (Lipinski definition) is 4. The Hall–Kier alpha value is -2.44. The highest BCUT2D eigenvalue weighted by atomic mass is 16.5. The molecular formula is C20H32N4O3. The number of guanidine groups is 1. The summed E-state index contributed by atoms with van der Waals surface area (Å²) in [5.74, 6) is 2.61. The molecule has 7 nitrogen and oxygen atoms in total. The number of likely N-dealkylation sites (tertiary alicyclic amines) is 1. The summed E-state index contributed by atoms with van der Waals surface area (Å²) >= 11 is 0. The van der Waals surface area contributed by atoms with E-state index in [1.54, 1.807) is 7.11 Å². The number of ether oxygens (including phenoxy) is 2. The number of aliphatic imine (C=N–C) groups is 1. The quantitative estimate of drug-likeness (QED) is 0.392. The molecule has 27 heavy (non-hydrogen) atoms. The molecule has 1 atom stereocenters. The van der Waals surface area contributed by atoms with Crippen LogP contribution in [0.15, 0.2) is 29.3 Å². The summed E-state index contributed by atoms with van der Waals surface area (Å²) in [4.78, 5) is 18.3. The number of methoxy groups -OCH3 is 1. The minimum Gasteiger partial charge on any atom is -0.497 e. The van der Waals surface area contributed by atoms with Crippen molar-refractivity contribution in [2.75, 3.05) is 39.9 Å². The van der Waals surface area contributed by atoms with Crippen LogP contribution < -0.4 is 20.1 Å². The second kappa shape index (κ2) is 11.3. The van der Waals surface area contributed by atoms with Gasteiger partial charge in [-0.3, -0.25) is 9.79 Å². The molecule has 1 aromatic carbocycles. The highest BCUT2D eigenvalue weighted by molar-refractivity contribution is 5.80. The van der Waals surface area contributed by atoms with Gasteiger partial charge in [0.15, 0.2) is 5.96 Å². The van der Waals surface area contributed by atoms with Crippen molar-refractivity contribution in [3.8, 4) is 11.5 Å². The Morgan fingerprint density at radius 2 is 2.15 bits per heavy atom. The van der Waals surface area contributed by atoms with E-state index in [9.17, 15) is 4.79 Å². The number of nitrogens with one attached hydrogen (secondary N) is 2. The van der Waals surface area contributed by atoms with Crippen molar-refractivity contribution in [2.24, 2.45) is 4.99 Å². The molecule has 0 bridgehead atoms. The van der Waals surface area contributed by atoms with Crippen molar-refractivity contribution in [1.29, 1.82) is 0 Å². The number of amides is 1. The lowest BCUT2D eigenvalue weighted by atomic mass is 10.3. The Bertz CT molecular complexity index is 621. The van der Waals surface area contributed by atoms with Gasteiger partial charge in [0.25, 0.3) is 0 Å². The maximum absolute atomic E-state index is 11.8. The van der Waals surface area contributed by atoms with E-state index in [0.717, 1.165) is 49.9 Å². The third-order valence-electron chi connectivity index (χ3n) is 4.41. The van der Waals surface area contributed by atoms with Gasteiger partial charge in [-0.15, -0.1) is 0 Å². The summed E-state index contributed by atoms with van der Waals surface area (Å²) in [5, 5.41) is 6.71. The maximum atomic E-state index is 11.8. The highest BCUT2D eigenvalue weighted by Crippen LogP contribution is 2.18. The predicted octanol–water partition coefficient (Wildman–Crippen LogP) is 2.03. The summed E-state index contributed by atoms with van der Waals surface area (Å²) in [6.07, 6.45) is 2.34. The minimum absolute atomic E-state index is 0.218. The Balaban J connectivity index is 1.74. The van der Waals surface area contributed by atoms with Crippen LogP contribution in [0.4, 0.5) is 0 Å². The summed E-state index contributed by atoms with van der Waals surface area (Å²) in [6.45, 7) is 7.58. The molecule has 1 unspecified atom stereocenters. The van der Waals surface area contributed by atoms with Gasteiger partial charge < -0.3 is 25.0 Å². The molecule has 1 aromatic rings. The van der Waals surface area contributed by atoms with Gasteiger partial charge in [0.1, 0.15) is 11.5 Å². The molecule has 2 N–H and O–H groups in total. The lowest BCUT2D eigenvalue weighted by Gasteiger charge is -2.18. The normalized spacial score (nSPS) is 16.9. The zero-order valence-electron chi connectivity index (χ0n) is 16.7. The van der Waals surface area contributed by atoms with E-state index in [1.807, 2.05) is 43.0 Å². The van der Waals surface area contributed by atoms with E-state index in [-0.39, 0.29) is 11.9 Å². The first-order chi connectivity index (χ1) is 13.2. The Kier molecular flexibility index (Phi) is 8.74. The Morgan fingerprint density at radius 3 is 2.89 bits per heavy atom. The van der Waals surface area contributed by atoms with Crippen molar-refractivity contribution in [3.05, 3.63) is 24.3 Å². The summed E-state index contributed by atoms with van der Waals surface area (Å²) in [7, 11) is 1.64. The van der Waals surface area contributed by atoms with Gasteiger partial charge in [-0.1, -0.05) is 13.0 Å². The first-order valence-electron chi connectivity index (χ1n) is 9.75. The molecule has 2 rings (SSSR count). The molecule has 7 heteroatoms. The number of benzene rings is 1. The summed E-state index contributed by atoms with van der Waals surface area (Å²) in [6, 6.07) is 7.85. The SMILES string of the molecule is CCNC(=NCCCOc1cccc(OC)c1)NC1CCN(C(=O)CC)C1. The third-order valence-corrected chi connectivity index (χ3v) is 4.41. The Labute approximate surface area is 162 Å². The zero-order chi connectivity index (χ0) is 19.5. The van der Waals surface area contributed by atoms with E-state index in [2.05, 4.69) is 15.6 Å². The molecule has 0 aromatic heterocycles. The van der Waals surface area contributed by atoms with Gasteiger partial charge >= 0.3 is 0 Å². The van der Waals surface area contributed by atoms with E-state index in [0.29, 0.717) is 19.6 Å². The van der Waals surface area contributed by atoms with Gasteiger partial charge in [0.05, 0.1) is 13.7 Å². The monoisotopic (exact) mass is 376 g/mol.